The second kappa shape index (κ2) is 9.62. The van der Waals surface area contributed by atoms with E-state index in [0.717, 1.165) is 36.8 Å². The first-order valence-corrected chi connectivity index (χ1v) is 11.2. The van der Waals surface area contributed by atoms with Crippen LogP contribution in [0.2, 0.25) is 0 Å². The molecule has 4 rings (SSSR count). The summed E-state index contributed by atoms with van der Waals surface area (Å²) >= 11 is 1.08. The number of alkyl halides is 3. The van der Waals surface area contributed by atoms with Gasteiger partial charge >= 0.3 is 6.18 Å². The molecule has 1 atom stereocenters. The van der Waals surface area contributed by atoms with Crippen molar-refractivity contribution in [2.75, 3.05) is 31.6 Å². The van der Waals surface area contributed by atoms with Gasteiger partial charge in [-0.05, 0) is 32.0 Å². The van der Waals surface area contributed by atoms with Gasteiger partial charge in [0.05, 0.1) is 24.3 Å². The minimum Gasteiger partial charge on any atom is -0.461 e. The van der Waals surface area contributed by atoms with E-state index in [1.165, 1.54) is 18.2 Å². The lowest BCUT2D eigenvalue weighted by Gasteiger charge is -2.31. The number of hydrogen-bond donors (Lipinski definition) is 1. The molecule has 3 heterocycles. The second-order valence-electron chi connectivity index (χ2n) is 7.83. The predicted molar refractivity (Wildman–Crippen MR) is 117 cm³/mol. The molecular weight excluding hydrogens is 457 g/mol. The Hall–Kier alpha value is -2.76. The van der Waals surface area contributed by atoms with Crippen LogP contribution in [0.5, 0.6) is 0 Å². The number of amides is 1. The van der Waals surface area contributed by atoms with E-state index < -0.39 is 17.6 Å². The van der Waals surface area contributed by atoms with E-state index in [1.54, 1.807) is 6.92 Å². The van der Waals surface area contributed by atoms with Crippen molar-refractivity contribution in [1.29, 1.82) is 0 Å². The molecule has 176 valence electrons. The van der Waals surface area contributed by atoms with Crippen LogP contribution in [0.3, 0.4) is 0 Å². The summed E-state index contributed by atoms with van der Waals surface area (Å²) in [6, 6.07) is 6.46. The van der Waals surface area contributed by atoms with Crippen LogP contribution in [0.15, 0.2) is 34.7 Å². The number of benzene rings is 1. The van der Waals surface area contributed by atoms with Crippen LogP contribution in [-0.2, 0) is 17.3 Å². The molecule has 1 aromatic carbocycles. The first kappa shape index (κ1) is 23.4. The van der Waals surface area contributed by atoms with Crippen LogP contribution in [-0.4, -0.2) is 52.5 Å². The molecule has 1 saturated heterocycles. The SMILES string of the molecule is Cc1oc(-c2cccc(C(F)(F)F)c2)cc1C(=O)Nc1nc(CC(C)N2CCOCC2)ns1. The molecule has 3 aromatic rings. The van der Waals surface area contributed by atoms with Crippen molar-refractivity contribution in [3.05, 3.63) is 53.0 Å². The summed E-state index contributed by atoms with van der Waals surface area (Å²) in [5.41, 5.74) is -0.323. The maximum Gasteiger partial charge on any atom is 0.416 e. The van der Waals surface area contributed by atoms with Crippen LogP contribution in [0.1, 0.15) is 34.4 Å². The van der Waals surface area contributed by atoms with Gasteiger partial charge in [-0.3, -0.25) is 15.0 Å². The van der Waals surface area contributed by atoms with Gasteiger partial charge in [0.2, 0.25) is 5.13 Å². The van der Waals surface area contributed by atoms with Crippen molar-refractivity contribution in [3.8, 4) is 11.3 Å². The van der Waals surface area contributed by atoms with Gasteiger partial charge in [-0.25, -0.2) is 4.98 Å². The molecule has 33 heavy (non-hydrogen) atoms. The molecule has 1 amide bonds. The van der Waals surface area contributed by atoms with E-state index in [4.69, 9.17) is 9.15 Å². The lowest BCUT2D eigenvalue weighted by atomic mass is 10.1. The van der Waals surface area contributed by atoms with E-state index in [1.807, 2.05) is 0 Å². The van der Waals surface area contributed by atoms with Gasteiger partial charge in [-0.1, -0.05) is 12.1 Å². The fourth-order valence-electron chi connectivity index (χ4n) is 3.66. The molecule has 1 aliphatic heterocycles. The Morgan fingerprint density at radius 1 is 1.27 bits per heavy atom. The lowest BCUT2D eigenvalue weighted by molar-refractivity contribution is -0.137. The van der Waals surface area contributed by atoms with Crippen molar-refractivity contribution < 1.29 is 27.1 Å². The number of nitrogens with zero attached hydrogens (tertiary/aromatic N) is 3. The lowest BCUT2D eigenvalue weighted by Crippen LogP contribution is -2.43. The molecular formula is C22H23F3N4O3S. The van der Waals surface area contributed by atoms with E-state index in [2.05, 4.69) is 26.5 Å². The number of aryl methyl sites for hydroxylation is 1. The van der Waals surface area contributed by atoms with Crippen molar-refractivity contribution >= 4 is 22.6 Å². The van der Waals surface area contributed by atoms with Gasteiger partial charge in [-0.2, -0.15) is 17.5 Å². The third kappa shape index (κ3) is 5.60. The Labute approximate surface area is 192 Å². The van der Waals surface area contributed by atoms with E-state index >= 15 is 0 Å². The van der Waals surface area contributed by atoms with Gasteiger partial charge in [0.25, 0.3) is 5.91 Å². The number of nitrogens with one attached hydrogen (secondary N) is 1. The van der Waals surface area contributed by atoms with Crippen LogP contribution < -0.4 is 5.32 Å². The Balaban J connectivity index is 1.43. The highest BCUT2D eigenvalue weighted by Crippen LogP contribution is 2.33. The van der Waals surface area contributed by atoms with E-state index in [-0.39, 0.29) is 22.9 Å². The van der Waals surface area contributed by atoms with Gasteiger partial charge in [0.15, 0.2) is 0 Å². The summed E-state index contributed by atoms with van der Waals surface area (Å²) < 4.78 is 54.3. The first-order valence-electron chi connectivity index (χ1n) is 10.4. The average molecular weight is 481 g/mol. The fourth-order valence-corrected chi connectivity index (χ4v) is 4.25. The third-order valence-electron chi connectivity index (χ3n) is 5.47. The van der Waals surface area contributed by atoms with Crippen molar-refractivity contribution in [2.45, 2.75) is 32.5 Å². The highest BCUT2D eigenvalue weighted by Gasteiger charge is 2.31. The predicted octanol–water partition coefficient (Wildman–Crippen LogP) is 4.64. The Bertz CT molecular complexity index is 1120. The molecule has 1 aliphatic rings. The number of rotatable bonds is 6. The number of anilines is 1. The standard InChI is InChI=1S/C22H23F3N4O3S/c1-13(29-6-8-31-9-7-29)10-19-26-21(33-28-19)27-20(30)17-12-18(32-14(17)2)15-4-3-5-16(11-15)22(23,24)25/h3-5,11-13H,6-10H2,1-2H3,(H,26,27,28,30). The molecule has 11 heteroatoms. The molecule has 1 fully saturated rings. The van der Waals surface area contributed by atoms with Crippen LogP contribution in [0.25, 0.3) is 11.3 Å². The van der Waals surface area contributed by atoms with Gasteiger partial charge in [0.1, 0.15) is 17.3 Å². The average Bonchev–Trinajstić information content (AvgIpc) is 3.40. The maximum absolute atomic E-state index is 13.0. The van der Waals surface area contributed by atoms with Gasteiger partial charge in [0, 0.05) is 42.6 Å². The number of hydrogen-bond acceptors (Lipinski definition) is 7. The molecule has 1 N–H and O–H groups in total. The number of furan rings is 1. The summed E-state index contributed by atoms with van der Waals surface area (Å²) in [4.78, 5) is 19.5. The third-order valence-corrected chi connectivity index (χ3v) is 6.14. The van der Waals surface area contributed by atoms with Crippen LogP contribution >= 0.6 is 11.5 Å². The second-order valence-corrected chi connectivity index (χ2v) is 8.58. The molecule has 0 saturated carbocycles. The minimum absolute atomic E-state index is 0.182. The quantitative estimate of drug-likeness (QED) is 0.554. The van der Waals surface area contributed by atoms with Crippen molar-refractivity contribution in [1.82, 2.24) is 14.3 Å². The van der Waals surface area contributed by atoms with Crippen molar-refractivity contribution in [3.63, 3.8) is 0 Å². The highest BCUT2D eigenvalue weighted by molar-refractivity contribution is 7.09. The number of carbonyl (C=O) groups excluding carboxylic acids is 1. The first-order chi connectivity index (χ1) is 15.7. The zero-order valence-electron chi connectivity index (χ0n) is 18.1. The number of ether oxygens (including phenoxy) is 1. The normalized spacial score (nSPS) is 16.0. The number of morpholine rings is 1. The summed E-state index contributed by atoms with van der Waals surface area (Å²) in [5.74, 6) is 0.660. The topological polar surface area (TPSA) is 80.5 Å². The summed E-state index contributed by atoms with van der Waals surface area (Å²) in [6.07, 6.45) is -3.82. The molecule has 0 radical (unpaired) electrons. The van der Waals surface area contributed by atoms with Gasteiger partial charge in [-0.15, -0.1) is 0 Å². The fraction of sp³-hybridized carbons (Fsp3) is 0.409. The largest absolute Gasteiger partial charge is 0.461 e. The minimum atomic E-state index is -4.47. The molecule has 0 bridgehead atoms. The summed E-state index contributed by atoms with van der Waals surface area (Å²) in [5, 5.41) is 3.06. The van der Waals surface area contributed by atoms with E-state index in [9.17, 15) is 18.0 Å². The number of aromatic nitrogens is 2. The maximum atomic E-state index is 13.0. The highest BCUT2D eigenvalue weighted by atomic mass is 32.1. The smallest absolute Gasteiger partial charge is 0.416 e. The van der Waals surface area contributed by atoms with E-state index in [0.29, 0.717) is 36.4 Å². The molecule has 7 nitrogen and oxygen atoms in total. The Morgan fingerprint density at radius 2 is 2.03 bits per heavy atom. The monoisotopic (exact) mass is 480 g/mol. The van der Waals surface area contributed by atoms with Crippen molar-refractivity contribution in [2.24, 2.45) is 0 Å². The Kier molecular flexibility index (Phi) is 6.82. The zero-order chi connectivity index (χ0) is 23.6. The number of halogens is 3. The summed E-state index contributed by atoms with van der Waals surface area (Å²) in [6.45, 7) is 6.84. The molecule has 2 aromatic heterocycles. The molecule has 0 spiro atoms. The number of carbonyl (C=O) groups is 1. The molecule has 0 aliphatic carbocycles. The van der Waals surface area contributed by atoms with Crippen LogP contribution in [0, 0.1) is 6.92 Å². The Morgan fingerprint density at radius 3 is 2.76 bits per heavy atom. The summed E-state index contributed by atoms with van der Waals surface area (Å²) in [7, 11) is 0. The molecule has 1 unspecified atom stereocenters. The van der Waals surface area contributed by atoms with Gasteiger partial charge < -0.3 is 9.15 Å². The zero-order valence-corrected chi connectivity index (χ0v) is 18.9. The van der Waals surface area contributed by atoms with Crippen LogP contribution in [0.4, 0.5) is 18.3 Å².